The van der Waals surface area contributed by atoms with Crippen LogP contribution in [0.1, 0.15) is 52.0 Å². The Morgan fingerprint density at radius 1 is 1.06 bits per heavy atom. The van der Waals surface area contributed by atoms with E-state index < -0.39 is 0 Å². The summed E-state index contributed by atoms with van der Waals surface area (Å²) in [6.07, 6.45) is 4.50. The molecule has 90 valence electrons. The fourth-order valence-electron chi connectivity index (χ4n) is 2.50. The molecule has 1 nitrogen and oxygen atoms in total. The summed E-state index contributed by atoms with van der Waals surface area (Å²) in [5, 5.41) is 0. The summed E-state index contributed by atoms with van der Waals surface area (Å²) in [4.78, 5) is 0. The molecule has 0 aliphatic carbocycles. The predicted octanol–water partition coefficient (Wildman–Crippen LogP) is 3.87. The van der Waals surface area contributed by atoms with E-state index in [2.05, 4.69) is 51.1 Å². The molecule has 1 atom stereocenters. The fourth-order valence-corrected chi connectivity index (χ4v) is 2.50. The van der Waals surface area contributed by atoms with Gasteiger partial charge in [-0.25, -0.2) is 0 Å². The molecule has 0 aliphatic rings. The number of benzene rings is 1. The van der Waals surface area contributed by atoms with Crippen molar-refractivity contribution in [2.24, 2.45) is 5.73 Å². The zero-order valence-corrected chi connectivity index (χ0v) is 10.9. The van der Waals surface area contributed by atoms with E-state index in [1.165, 1.54) is 18.4 Å². The summed E-state index contributed by atoms with van der Waals surface area (Å²) < 4.78 is 0. The molecule has 1 aromatic rings. The first kappa shape index (κ1) is 13.2. The van der Waals surface area contributed by atoms with Gasteiger partial charge in [-0.2, -0.15) is 0 Å². The summed E-state index contributed by atoms with van der Waals surface area (Å²) in [5.74, 6) is 0. The van der Waals surface area contributed by atoms with Gasteiger partial charge in [-0.15, -0.1) is 0 Å². The molecule has 0 heterocycles. The van der Waals surface area contributed by atoms with Crippen LogP contribution in [0.5, 0.6) is 0 Å². The second-order valence-electron chi connectivity index (χ2n) is 4.73. The van der Waals surface area contributed by atoms with E-state index in [9.17, 15) is 0 Å². The van der Waals surface area contributed by atoms with Crippen LogP contribution in [-0.2, 0) is 5.41 Å². The zero-order chi connectivity index (χ0) is 12.0. The molecular formula is C15H25N. The Labute approximate surface area is 100 Å². The molecule has 0 fully saturated rings. The van der Waals surface area contributed by atoms with Crippen LogP contribution >= 0.6 is 0 Å². The van der Waals surface area contributed by atoms with Crippen molar-refractivity contribution in [3.8, 4) is 0 Å². The van der Waals surface area contributed by atoms with Gasteiger partial charge in [-0.1, -0.05) is 51.1 Å². The first-order chi connectivity index (χ1) is 7.68. The van der Waals surface area contributed by atoms with Crippen LogP contribution in [0.2, 0.25) is 0 Å². The van der Waals surface area contributed by atoms with Crippen molar-refractivity contribution in [3.63, 3.8) is 0 Å². The highest BCUT2D eigenvalue weighted by molar-refractivity contribution is 5.25. The van der Waals surface area contributed by atoms with E-state index in [1.807, 2.05) is 0 Å². The number of rotatable bonds is 6. The van der Waals surface area contributed by atoms with Crippen LogP contribution in [-0.4, -0.2) is 6.04 Å². The van der Waals surface area contributed by atoms with E-state index in [0.29, 0.717) is 6.04 Å². The summed E-state index contributed by atoms with van der Waals surface area (Å²) in [6.45, 7) is 6.73. The lowest BCUT2D eigenvalue weighted by atomic mass is 9.71. The van der Waals surface area contributed by atoms with Gasteiger partial charge < -0.3 is 5.73 Å². The maximum atomic E-state index is 6.15. The van der Waals surface area contributed by atoms with E-state index in [-0.39, 0.29) is 5.41 Å². The number of nitrogens with two attached hydrogens (primary N) is 1. The second-order valence-corrected chi connectivity index (χ2v) is 4.73. The predicted molar refractivity (Wildman–Crippen MR) is 71.6 cm³/mol. The van der Waals surface area contributed by atoms with E-state index >= 15 is 0 Å². The average molecular weight is 219 g/mol. The third-order valence-electron chi connectivity index (χ3n) is 3.92. The Morgan fingerprint density at radius 3 is 2.06 bits per heavy atom. The summed E-state index contributed by atoms with van der Waals surface area (Å²) in [7, 11) is 0. The van der Waals surface area contributed by atoms with Crippen LogP contribution in [0.15, 0.2) is 30.3 Å². The molecular weight excluding hydrogens is 194 g/mol. The van der Waals surface area contributed by atoms with E-state index in [0.717, 1.165) is 12.8 Å². The van der Waals surface area contributed by atoms with Crippen molar-refractivity contribution in [3.05, 3.63) is 35.9 Å². The van der Waals surface area contributed by atoms with Crippen molar-refractivity contribution >= 4 is 0 Å². The maximum Gasteiger partial charge on any atom is 0.00446 e. The lowest BCUT2D eigenvalue weighted by Crippen LogP contribution is -2.33. The molecule has 1 rings (SSSR count). The Balaban J connectivity index is 2.96. The minimum atomic E-state index is 0.274. The van der Waals surface area contributed by atoms with E-state index in [4.69, 9.17) is 5.73 Å². The van der Waals surface area contributed by atoms with Crippen LogP contribution < -0.4 is 5.73 Å². The Morgan fingerprint density at radius 2 is 1.62 bits per heavy atom. The molecule has 16 heavy (non-hydrogen) atoms. The van der Waals surface area contributed by atoms with Gasteiger partial charge in [-0.05, 0) is 36.7 Å². The summed E-state index contributed by atoms with van der Waals surface area (Å²) in [6, 6.07) is 11.2. The quantitative estimate of drug-likeness (QED) is 0.772. The van der Waals surface area contributed by atoms with Crippen LogP contribution in [0.3, 0.4) is 0 Å². The Bertz CT molecular complexity index is 288. The monoisotopic (exact) mass is 219 g/mol. The molecule has 0 saturated heterocycles. The Kier molecular flexibility index (Phi) is 5.01. The summed E-state index contributed by atoms with van der Waals surface area (Å²) in [5.41, 5.74) is 7.87. The lowest BCUT2D eigenvalue weighted by molar-refractivity contribution is 0.330. The minimum Gasteiger partial charge on any atom is -0.328 e. The van der Waals surface area contributed by atoms with Crippen molar-refractivity contribution in [1.29, 1.82) is 0 Å². The molecule has 2 N–H and O–H groups in total. The van der Waals surface area contributed by atoms with Gasteiger partial charge in [-0.3, -0.25) is 0 Å². The van der Waals surface area contributed by atoms with Crippen molar-refractivity contribution in [2.45, 2.75) is 57.9 Å². The molecule has 0 bridgehead atoms. The average Bonchev–Trinajstić information content (AvgIpc) is 2.37. The van der Waals surface area contributed by atoms with Crippen molar-refractivity contribution in [2.75, 3.05) is 0 Å². The third-order valence-corrected chi connectivity index (χ3v) is 3.92. The first-order valence-corrected chi connectivity index (χ1v) is 6.49. The molecule has 0 spiro atoms. The molecule has 1 heteroatoms. The lowest BCUT2D eigenvalue weighted by Gasteiger charge is -2.34. The molecule has 0 amide bonds. The number of hydrogen-bond donors (Lipinski definition) is 1. The zero-order valence-electron chi connectivity index (χ0n) is 10.9. The van der Waals surface area contributed by atoms with Gasteiger partial charge in [0.1, 0.15) is 0 Å². The van der Waals surface area contributed by atoms with Crippen molar-refractivity contribution < 1.29 is 0 Å². The van der Waals surface area contributed by atoms with Gasteiger partial charge in [0.05, 0.1) is 0 Å². The topological polar surface area (TPSA) is 26.0 Å². The summed E-state index contributed by atoms with van der Waals surface area (Å²) >= 11 is 0. The highest BCUT2D eigenvalue weighted by atomic mass is 14.6. The SMILES string of the molecule is CCC(N)CC(CC)(CC)c1ccccc1. The Hall–Kier alpha value is -0.820. The number of hydrogen-bond acceptors (Lipinski definition) is 1. The largest absolute Gasteiger partial charge is 0.328 e. The van der Waals surface area contributed by atoms with Gasteiger partial charge in [0.2, 0.25) is 0 Å². The maximum absolute atomic E-state index is 6.15. The molecule has 1 aromatic carbocycles. The normalized spacial score (nSPS) is 13.8. The van der Waals surface area contributed by atoms with Crippen LogP contribution in [0, 0.1) is 0 Å². The van der Waals surface area contributed by atoms with Crippen LogP contribution in [0.4, 0.5) is 0 Å². The fraction of sp³-hybridized carbons (Fsp3) is 0.600. The first-order valence-electron chi connectivity index (χ1n) is 6.49. The van der Waals surface area contributed by atoms with Crippen LogP contribution in [0.25, 0.3) is 0 Å². The molecule has 0 aromatic heterocycles. The highest BCUT2D eigenvalue weighted by Crippen LogP contribution is 2.36. The van der Waals surface area contributed by atoms with Gasteiger partial charge in [0.15, 0.2) is 0 Å². The van der Waals surface area contributed by atoms with Gasteiger partial charge >= 0.3 is 0 Å². The van der Waals surface area contributed by atoms with Gasteiger partial charge in [0.25, 0.3) is 0 Å². The highest BCUT2D eigenvalue weighted by Gasteiger charge is 2.29. The molecule has 1 unspecified atom stereocenters. The molecule has 0 saturated carbocycles. The molecule has 0 radical (unpaired) electrons. The second kappa shape index (κ2) is 6.05. The van der Waals surface area contributed by atoms with Crippen molar-refractivity contribution in [1.82, 2.24) is 0 Å². The molecule has 0 aliphatic heterocycles. The smallest absolute Gasteiger partial charge is 0.00446 e. The minimum absolute atomic E-state index is 0.274. The van der Waals surface area contributed by atoms with Gasteiger partial charge in [0, 0.05) is 6.04 Å². The third kappa shape index (κ3) is 2.85. The van der Waals surface area contributed by atoms with E-state index in [1.54, 1.807) is 0 Å². The standard InChI is InChI=1S/C15H25N/c1-4-14(16)12-15(5-2,6-3)13-10-8-7-9-11-13/h7-11,14H,4-6,12,16H2,1-3H3.